The number of rotatable bonds is 9. The van der Waals surface area contributed by atoms with Gasteiger partial charge in [-0.1, -0.05) is 26.0 Å². The van der Waals surface area contributed by atoms with Gasteiger partial charge in [-0.25, -0.2) is 0 Å². The number of aryl methyl sites for hydroxylation is 1. The average molecular weight is 264 g/mol. The van der Waals surface area contributed by atoms with E-state index in [0.717, 1.165) is 44.3 Å². The molecule has 0 amide bonds. The van der Waals surface area contributed by atoms with E-state index < -0.39 is 0 Å². The third kappa shape index (κ3) is 6.60. The van der Waals surface area contributed by atoms with Crippen molar-refractivity contribution < 1.29 is 4.74 Å². The normalized spacial score (nSPS) is 11.0. The molecule has 0 aromatic heterocycles. The molecule has 0 aliphatic carbocycles. The summed E-state index contributed by atoms with van der Waals surface area (Å²) in [4.78, 5) is 0. The van der Waals surface area contributed by atoms with Crippen LogP contribution < -0.4 is 15.4 Å². The zero-order chi connectivity index (χ0) is 14.1. The van der Waals surface area contributed by atoms with E-state index in [1.807, 2.05) is 0 Å². The highest BCUT2D eigenvalue weighted by molar-refractivity contribution is 5.36. The monoisotopic (exact) mass is 264 g/mol. The Labute approximate surface area is 117 Å². The van der Waals surface area contributed by atoms with Crippen LogP contribution in [-0.2, 0) is 6.54 Å². The third-order valence-corrected chi connectivity index (χ3v) is 3.06. The fraction of sp³-hybridized carbons (Fsp3) is 0.625. The molecule has 0 aliphatic heterocycles. The summed E-state index contributed by atoms with van der Waals surface area (Å²) in [6, 6.07) is 6.38. The first-order valence-electron chi connectivity index (χ1n) is 7.18. The lowest BCUT2D eigenvalue weighted by Gasteiger charge is -2.10. The highest BCUT2D eigenvalue weighted by Gasteiger charge is 2.00. The lowest BCUT2D eigenvalue weighted by molar-refractivity contribution is 0.411. The molecule has 0 unspecified atom stereocenters. The molecule has 108 valence electrons. The second-order valence-electron chi connectivity index (χ2n) is 5.43. The average Bonchev–Trinajstić information content (AvgIpc) is 2.39. The summed E-state index contributed by atoms with van der Waals surface area (Å²) in [6.07, 6.45) is 1.16. The highest BCUT2D eigenvalue weighted by atomic mass is 16.5. The van der Waals surface area contributed by atoms with Gasteiger partial charge in [-0.3, -0.25) is 0 Å². The van der Waals surface area contributed by atoms with E-state index in [4.69, 9.17) is 4.74 Å². The molecule has 0 saturated heterocycles. The van der Waals surface area contributed by atoms with Crippen molar-refractivity contribution in [1.29, 1.82) is 0 Å². The van der Waals surface area contributed by atoms with Gasteiger partial charge in [0.1, 0.15) is 5.75 Å². The Morgan fingerprint density at radius 3 is 2.58 bits per heavy atom. The molecule has 0 heterocycles. The third-order valence-electron chi connectivity index (χ3n) is 3.06. The number of nitrogens with one attached hydrogen (secondary N) is 2. The van der Waals surface area contributed by atoms with E-state index in [1.165, 1.54) is 11.1 Å². The van der Waals surface area contributed by atoms with Crippen molar-refractivity contribution in [2.45, 2.75) is 33.7 Å². The van der Waals surface area contributed by atoms with Crippen LogP contribution in [0.2, 0.25) is 0 Å². The van der Waals surface area contributed by atoms with Gasteiger partial charge in [0.15, 0.2) is 0 Å². The minimum absolute atomic E-state index is 0.730. The molecule has 0 atom stereocenters. The van der Waals surface area contributed by atoms with E-state index in [9.17, 15) is 0 Å². The molecule has 0 fully saturated rings. The molecule has 0 aliphatic rings. The lowest BCUT2D eigenvalue weighted by Crippen LogP contribution is -2.24. The van der Waals surface area contributed by atoms with Gasteiger partial charge in [0.25, 0.3) is 0 Å². The maximum absolute atomic E-state index is 5.33. The second kappa shape index (κ2) is 8.94. The van der Waals surface area contributed by atoms with Gasteiger partial charge in [-0.2, -0.15) is 0 Å². The Morgan fingerprint density at radius 2 is 1.89 bits per heavy atom. The summed E-state index contributed by atoms with van der Waals surface area (Å²) >= 11 is 0. The van der Waals surface area contributed by atoms with E-state index in [1.54, 1.807) is 7.11 Å². The van der Waals surface area contributed by atoms with Gasteiger partial charge in [-0.15, -0.1) is 0 Å². The minimum atomic E-state index is 0.730. The van der Waals surface area contributed by atoms with Gasteiger partial charge in [0.05, 0.1) is 7.11 Å². The van der Waals surface area contributed by atoms with E-state index in [-0.39, 0.29) is 0 Å². The van der Waals surface area contributed by atoms with E-state index in [2.05, 4.69) is 49.6 Å². The summed E-state index contributed by atoms with van der Waals surface area (Å²) in [7, 11) is 1.72. The van der Waals surface area contributed by atoms with Crippen LogP contribution >= 0.6 is 0 Å². The Hall–Kier alpha value is -1.06. The zero-order valence-corrected chi connectivity index (χ0v) is 12.8. The molecule has 0 bridgehead atoms. The van der Waals surface area contributed by atoms with Gasteiger partial charge in [0, 0.05) is 6.54 Å². The smallest absolute Gasteiger partial charge is 0.122 e. The van der Waals surface area contributed by atoms with Crippen molar-refractivity contribution in [3.8, 4) is 5.75 Å². The summed E-state index contributed by atoms with van der Waals surface area (Å²) in [5.41, 5.74) is 2.46. The maximum atomic E-state index is 5.33. The zero-order valence-electron chi connectivity index (χ0n) is 12.8. The second-order valence-corrected chi connectivity index (χ2v) is 5.43. The van der Waals surface area contributed by atoms with Crippen molar-refractivity contribution in [1.82, 2.24) is 10.6 Å². The number of ether oxygens (including phenoxy) is 1. The summed E-state index contributed by atoms with van der Waals surface area (Å²) in [6.45, 7) is 10.7. The van der Waals surface area contributed by atoms with Crippen LogP contribution in [0.5, 0.6) is 5.75 Å². The van der Waals surface area contributed by atoms with Crippen molar-refractivity contribution in [3.05, 3.63) is 29.3 Å². The molecule has 19 heavy (non-hydrogen) atoms. The molecular formula is C16H28N2O. The standard InChI is InChI=1S/C16H28N2O/c1-13(2)11-17-8-5-9-18-12-15-7-6-14(3)16(10-15)19-4/h6-7,10,13,17-18H,5,8-9,11-12H2,1-4H3. The van der Waals surface area contributed by atoms with Crippen LogP contribution in [0.25, 0.3) is 0 Å². The first-order chi connectivity index (χ1) is 9.13. The quantitative estimate of drug-likeness (QED) is 0.673. The van der Waals surface area contributed by atoms with Crippen molar-refractivity contribution in [2.75, 3.05) is 26.7 Å². The van der Waals surface area contributed by atoms with Crippen molar-refractivity contribution >= 4 is 0 Å². The van der Waals surface area contributed by atoms with Crippen LogP contribution in [0, 0.1) is 12.8 Å². The van der Waals surface area contributed by atoms with Crippen LogP contribution in [0.3, 0.4) is 0 Å². The van der Waals surface area contributed by atoms with Crippen molar-refractivity contribution in [3.63, 3.8) is 0 Å². The van der Waals surface area contributed by atoms with Gasteiger partial charge in [-0.05, 0) is 56.1 Å². The molecule has 0 saturated carbocycles. The minimum Gasteiger partial charge on any atom is -0.496 e. The first kappa shape index (κ1) is 16.0. The molecule has 3 nitrogen and oxygen atoms in total. The predicted molar refractivity (Wildman–Crippen MR) is 81.8 cm³/mol. The van der Waals surface area contributed by atoms with Crippen molar-refractivity contribution in [2.24, 2.45) is 5.92 Å². The van der Waals surface area contributed by atoms with Crippen LogP contribution in [-0.4, -0.2) is 26.7 Å². The Morgan fingerprint density at radius 1 is 1.16 bits per heavy atom. The number of hydrogen-bond acceptors (Lipinski definition) is 3. The van der Waals surface area contributed by atoms with Crippen LogP contribution in [0.1, 0.15) is 31.4 Å². The van der Waals surface area contributed by atoms with E-state index in [0.29, 0.717) is 0 Å². The molecule has 2 N–H and O–H groups in total. The first-order valence-corrected chi connectivity index (χ1v) is 7.18. The molecular weight excluding hydrogens is 236 g/mol. The molecule has 3 heteroatoms. The van der Waals surface area contributed by atoms with Crippen LogP contribution in [0.15, 0.2) is 18.2 Å². The van der Waals surface area contributed by atoms with Gasteiger partial charge < -0.3 is 15.4 Å². The van der Waals surface area contributed by atoms with Gasteiger partial charge >= 0.3 is 0 Å². The SMILES string of the molecule is COc1cc(CNCCCNCC(C)C)ccc1C. The summed E-state index contributed by atoms with van der Waals surface area (Å²) in [5.74, 6) is 1.70. The summed E-state index contributed by atoms with van der Waals surface area (Å²) in [5, 5.41) is 6.91. The Bertz CT molecular complexity index is 364. The number of hydrogen-bond donors (Lipinski definition) is 2. The predicted octanol–water partition coefficient (Wildman–Crippen LogP) is 2.73. The number of methoxy groups -OCH3 is 1. The topological polar surface area (TPSA) is 33.3 Å². The molecule has 0 radical (unpaired) electrons. The lowest BCUT2D eigenvalue weighted by atomic mass is 10.1. The fourth-order valence-electron chi connectivity index (χ4n) is 1.94. The van der Waals surface area contributed by atoms with Crippen LogP contribution in [0.4, 0.5) is 0 Å². The highest BCUT2D eigenvalue weighted by Crippen LogP contribution is 2.18. The largest absolute Gasteiger partial charge is 0.496 e. The number of benzene rings is 1. The Balaban J connectivity index is 2.15. The molecule has 0 spiro atoms. The van der Waals surface area contributed by atoms with Gasteiger partial charge in [0.2, 0.25) is 0 Å². The summed E-state index contributed by atoms with van der Waals surface area (Å²) < 4.78 is 5.33. The fourth-order valence-corrected chi connectivity index (χ4v) is 1.94. The maximum Gasteiger partial charge on any atom is 0.122 e. The molecule has 1 rings (SSSR count). The molecule has 1 aromatic carbocycles. The molecule has 1 aromatic rings. The Kier molecular flexibility index (Phi) is 7.53. The van der Waals surface area contributed by atoms with E-state index >= 15 is 0 Å².